The molecule has 0 nitrogen and oxygen atoms in total. The summed E-state index contributed by atoms with van der Waals surface area (Å²) in [5, 5.41) is 0. The van der Waals surface area contributed by atoms with Crippen molar-refractivity contribution in [2.45, 2.75) is 75.7 Å². The molecule has 1 aliphatic carbocycles. The van der Waals surface area contributed by atoms with Crippen LogP contribution in [0.4, 0.5) is 0 Å². The number of hydrogen-bond acceptors (Lipinski definition) is 0. The first-order chi connectivity index (χ1) is 9.36. The first-order valence-electron chi connectivity index (χ1n) is 7.73. The van der Waals surface area contributed by atoms with Gasteiger partial charge in [-0.2, -0.15) is 0 Å². The molecule has 0 saturated carbocycles. The normalized spacial score (nSPS) is 19.4. The third-order valence-corrected chi connectivity index (χ3v) is 4.23. The highest BCUT2D eigenvalue weighted by Crippen LogP contribution is 2.40. The molecule has 0 amide bonds. The van der Waals surface area contributed by atoms with Gasteiger partial charge in [0.1, 0.15) is 0 Å². The first kappa shape index (κ1) is 23.0. The van der Waals surface area contributed by atoms with Crippen LogP contribution in [0, 0.1) is 5.41 Å². The van der Waals surface area contributed by atoms with E-state index in [-0.39, 0.29) is 14.9 Å². The summed E-state index contributed by atoms with van der Waals surface area (Å²) in [6, 6.07) is 0. The largest absolute Gasteiger partial charge is 0.0847 e. The molecule has 0 fully saturated rings. The van der Waals surface area contributed by atoms with Gasteiger partial charge in [0.25, 0.3) is 0 Å². The van der Waals surface area contributed by atoms with E-state index in [1.165, 1.54) is 36.0 Å². The SMILES string of the molecule is C.C.C/C=C(C)/C=C/C=C(C)/C=C/C1=C(C)CCCC1(C)C. The summed E-state index contributed by atoms with van der Waals surface area (Å²) in [5.41, 5.74) is 6.02. The van der Waals surface area contributed by atoms with Crippen molar-refractivity contribution in [3.8, 4) is 0 Å². The van der Waals surface area contributed by atoms with E-state index >= 15 is 0 Å². The molecule has 0 spiro atoms. The van der Waals surface area contributed by atoms with E-state index in [0.29, 0.717) is 5.41 Å². The highest BCUT2D eigenvalue weighted by Gasteiger charge is 2.26. The lowest BCUT2D eigenvalue weighted by atomic mass is 9.72. The Bertz CT molecular complexity index is 476. The van der Waals surface area contributed by atoms with Gasteiger partial charge < -0.3 is 0 Å². The number of hydrogen-bond donors (Lipinski definition) is 0. The van der Waals surface area contributed by atoms with Crippen LogP contribution in [-0.2, 0) is 0 Å². The second kappa shape index (κ2) is 10.4. The highest BCUT2D eigenvalue weighted by atomic mass is 14.3. The third kappa shape index (κ3) is 7.11. The van der Waals surface area contributed by atoms with Crippen LogP contribution in [0.2, 0.25) is 0 Å². The summed E-state index contributed by atoms with van der Waals surface area (Å²) >= 11 is 0. The molecule has 126 valence electrons. The fourth-order valence-corrected chi connectivity index (χ4v) is 2.73. The van der Waals surface area contributed by atoms with Gasteiger partial charge in [-0.3, -0.25) is 0 Å². The molecule has 0 radical (unpaired) electrons. The van der Waals surface area contributed by atoms with Crippen molar-refractivity contribution in [2.24, 2.45) is 5.41 Å². The minimum Gasteiger partial charge on any atom is -0.0847 e. The fraction of sp³-hybridized carbons (Fsp3) is 0.545. The molecule has 22 heavy (non-hydrogen) atoms. The number of rotatable bonds is 4. The van der Waals surface area contributed by atoms with E-state index in [1.54, 1.807) is 5.57 Å². The lowest BCUT2D eigenvalue weighted by Crippen LogP contribution is -2.19. The first-order valence-corrected chi connectivity index (χ1v) is 7.73. The van der Waals surface area contributed by atoms with E-state index in [0.717, 1.165) is 0 Å². The summed E-state index contributed by atoms with van der Waals surface area (Å²) < 4.78 is 0. The summed E-state index contributed by atoms with van der Waals surface area (Å²) in [6.07, 6.45) is 17.0. The summed E-state index contributed by atoms with van der Waals surface area (Å²) in [7, 11) is 0. The molecular formula is C22H38. The highest BCUT2D eigenvalue weighted by molar-refractivity contribution is 5.37. The van der Waals surface area contributed by atoms with Crippen LogP contribution in [0.15, 0.2) is 58.7 Å². The Morgan fingerprint density at radius 1 is 1.05 bits per heavy atom. The molecule has 0 N–H and O–H groups in total. The molecule has 0 atom stereocenters. The van der Waals surface area contributed by atoms with Crippen LogP contribution < -0.4 is 0 Å². The Morgan fingerprint density at radius 2 is 1.68 bits per heavy atom. The Balaban J connectivity index is 0. The molecule has 0 aliphatic heterocycles. The van der Waals surface area contributed by atoms with Crippen molar-refractivity contribution in [3.63, 3.8) is 0 Å². The Kier molecular flexibility index (Phi) is 10.9. The van der Waals surface area contributed by atoms with Crippen LogP contribution in [0.3, 0.4) is 0 Å². The van der Waals surface area contributed by atoms with E-state index in [2.05, 4.69) is 78.0 Å². The van der Waals surface area contributed by atoms with Gasteiger partial charge in [-0.15, -0.1) is 0 Å². The zero-order valence-electron chi connectivity index (χ0n) is 14.1. The number of allylic oxidation sites excluding steroid dienone is 10. The zero-order valence-corrected chi connectivity index (χ0v) is 14.1. The van der Waals surface area contributed by atoms with Crippen molar-refractivity contribution in [1.29, 1.82) is 0 Å². The van der Waals surface area contributed by atoms with E-state index < -0.39 is 0 Å². The van der Waals surface area contributed by atoms with E-state index in [1.807, 2.05) is 0 Å². The topological polar surface area (TPSA) is 0 Å². The molecule has 1 aliphatic rings. The van der Waals surface area contributed by atoms with Crippen LogP contribution in [0.25, 0.3) is 0 Å². The van der Waals surface area contributed by atoms with Crippen LogP contribution in [-0.4, -0.2) is 0 Å². The maximum absolute atomic E-state index is 2.36. The average Bonchev–Trinajstić information content (AvgIpc) is 2.37. The molecule has 0 aromatic heterocycles. The van der Waals surface area contributed by atoms with Gasteiger partial charge >= 0.3 is 0 Å². The maximum atomic E-state index is 2.36. The van der Waals surface area contributed by atoms with Crippen LogP contribution >= 0.6 is 0 Å². The van der Waals surface area contributed by atoms with Gasteiger partial charge in [0, 0.05) is 0 Å². The second-order valence-electron chi connectivity index (χ2n) is 6.57. The molecular weight excluding hydrogens is 264 g/mol. The summed E-state index contributed by atoms with van der Waals surface area (Å²) in [6.45, 7) is 13.4. The van der Waals surface area contributed by atoms with Crippen molar-refractivity contribution >= 4 is 0 Å². The lowest BCUT2D eigenvalue weighted by Gasteiger charge is -2.32. The molecule has 1 rings (SSSR count). The molecule has 0 aromatic carbocycles. The summed E-state index contributed by atoms with van der Waals surface area (Å²) in [5.74, 6) is 0. The predicted octanol–water partition coefficient (Wildman–Crippen LogP) is 7.81. The molecule has 0 heteroatoms. The van der Waals surface area contributed by atoms with Gasteiger partial charge in [-0.05, 0) is 57.9 Å². The van der Waals surface area contributed by atoms with Crippen molar-refractivity contribution in [1.82, 2.24) is 0 Å². The predicted molar refractivity (Wildman–Crippen MR) is 105 cm³/mol. The van der Waals surface area contributed by atoms with Crippen molar-refractivity contribution < 1.29 is 0 Å². The van der Waals surface area contributed by atoms with E-state index in [4.69, 9.17) is 0 Å². The van der Waals surface area contributed by atoms with Gasteiger partial charge in [-0.1, -0.05) is 81.9 Å². The van der Waals surface area contributed by atoms with E-state index in [9.17, 15) is 0 Å². The lowest BCUT2D eigenvalue weighted by molar-refractivity contribution is 0.377. The molecule has 0 aromatic rings. The Labute approximate surface area is 140 Å². The molecule has 0 bridgehead atoms. The van der Waals surface area contributed by atoms with Gasteiger partial charge in [0.05, 0.1) is 0 Å². The van der Waals surface area contributed by atoms with Gasteiger partial charge in [0.2, 0.25) is 0 Å². The monoisotopic (exact) mass is 302 g/mol. The quantitative estimate of drug-likeness (QED) is 0.464. The minimum atomic E-state index is 0. The van der Waals surface area contributed by atoms with Gasteiger partial charge in [-0.25, -0.2) is 0 Å². The molecule has 0 unspecified atom stereocenters. The van der Waals surface area contributed by atoms with Crippen LogP contribution in [0.5, 0.6) is 0 Å². The Hall–Kier alpha value is -1.30. The van der Waals surface area contributed by atoms with Crippen LogP contribution in [0.1, 0.15) is 75.7 Å². The van der Waals surface area contributed by atoms with Crippen molar-refractivity contribution in [2.75, 3.05) is 0 Å². The second-order valence-corrected chi connectivity index (χ2v) is 6.57. The zero-order chi connectivity index (χ0) is 15.2. The Morgan fingerprint density at radius 3 is 2.23 bits per heavy atom. The smallest absolute Gasteiger partial charge is 0.0104 e. The minimum absolute atomic E-state index is 0. The third-order valence-electron chi connectivity index (χ3n) is 4.23. The average molecular weight is 303 g/mol. The fourth-order valence-electron chi connectivity index (χ4n) is 2.73. The standard InChI is InChI=1S/C20H30.2CH4/c1-7-16(2)10-8-11-17(3)13-14-19-18(4)12-9-15-20(19,5)6;;/h7-8,10-11,13-14H,9,12,15H2,1-6H3;2*1H4/b10-8+,14-13+,16-7+,17-11+;;. The molecule has 0 heterocycles. The molecule has 0 saturated heterocycles. The van der Waals surface area contributed by atoms with Crippen molar-refractivity contribution in [3.05, 3.63) is 58.7 Å². The van der Waals surface area contributed by atoms with Gasteiger partial charge in [0.15, 0.2) is 0 Å². The maximum Gasteiger partial charge on any atom is -0.0104 e. The summed E-state index contributed by atoms with van der Waals surface area (Å²) in [4.78, 5) is 0.